The summed E-state index contributed by atoms with van der Waals surface area (Å²) in [5.74, 6) is 0.613. The molecule has 0 fully saturated rings. The minimum atomic E-state index is 0.267. The number of hydrogen-bond donors (Lipinski definition) is 1. The van der Waals surface area contributed by atoms with E-state index < -0.39 is 0 Å². The molecule has 72 valence electrons. The Kier molecular flexibility index (Phi) is 4.26. The molecule has 0 saturated heterocycles. The molecular formula is C11H16ClN. The van der Waals surface area contributed by atoms with Gasteiger partial charge in [-0.1, -0.05) is 44.2 Å². The fourth-order valence-electron chi connectivity index (χ4n) is 1.32. The van der Waals surface area contributed by atoms with Gasteiger partial charge in [0.2, 0.25) is 0 Å². The summed E-state index contributed by atoms with van der Waals surface area (Å²) in [6, 6.07) is 11.0. The maximum atomic E-state index is 5.88. The van der Waals surface area contributed by atoms with E-state index in [2.05, 4.69) is 31.3 Å². The molecule has 0 aliphatic rings. The summed E-state index contributed by atoms with van der Waals surface area (Å²) < 4.78 is 0. The molecule has 0 amide bonds. The Labute approximate surface area is 85.1 Å². The van der Waals surface area contributed by atoms with Crippen LogP contribution in [0.4, 0.5) is 0 Å². The first-order valence-electron chi connectivity index (χ1n) is 4.61. The summed E-state index contributed by atoms with van der Waals surface area (Å²) in [6.45, 7) is 4.25. The van der Waals surface area contributed by atoms with Crippen LogP contribution in [0.2, 0.25) is 0 Å². The van der Waals surface area contributed by atoms with Gasteiger partial charge in [-0.05, 0) is 5.56 Å². The summed E-state index contributed by atoms with van der Waals surface area (Å²) >= 11 is 5.88. The molecule has 0 heterocycles. The van der Waals surface area contributed by atoms with Crippen molar-refractivity contribution in [1.82, 2.24) is 5.32 Å². The third-order valence-electron chi connectivity index (χ3n) is 1.89. The van der Waals surface area contributed by atoms with Gasteiger partial charge < -0.3 is 5.32 Å². The Morgan fingerprint density at radius 1 is 1.23 bits per heavy atom. The van der Waals surface area contributed by atoms with E-state index in [1.807, 2.05) is 18.2 Å². The van der Waals surface area contributed by atoms with Gasteiger partial charge in [0.15, 0.2) is 0 Å². The summed E-state index contributed by atoms with van der Waals surface area (Å²) in [4.78, 5) is 0. The van der Waals surface area contributed by atoms with Gasteiger partial charge >= 0.3 is 0 Å². The highest BCUT2D eigenvalue weighted by Crippen LogP contribution is 2.14. The van der Waals surface area contributed by atoms with Crippen LogP contribution in [-0.2, 0) is 0 Å². The van der Waals surface area contributed by atoms with E-state index in [4.69, 9.17) is 11.6 Å². The number of rotatable bonds is 4. The van der Waals surface area contributed by atoms with Crippen LogP contribution < -0.4 is 5.32 Å². The maximum Gasteiger partial charge on any atom is 0.0459 e. The van der Waals surface area contributed by atoms with E-state index >= 15 is 0 Å². The summed E-state index contributed by atoms with van der Waals surface area (Å²) in [5, 5.41) is 3.41. The number of alkyl halides is 1. The van der Waals surface area contributed by atoms with Crippen LogP contribution in [0.3, 0.4) is 0 Å². The molecule has 0 saturated carbocycles. The second-order valence-corrected chi connectivity index (χ2v) is 3.75. The molecule has 1 nitrogen and oxygen atoms in total. The van der Waals surface area contributed by atoms with Crippen molar-refractivity contribution in [2.45, 2.75) is 25.9 Å². The third kappa shape index (κ3) is 3.37. The Hall–Kier alpha value is -0.530. The quantitative estimate of drug-likeness (QED) is 0.732. The molecule has 1 atom stereocenters. The van der Waals surface area contributed by atoms with Crippen molar-refractivity contribution in [3.05, 3.63) is 35.9 Å². The molecule has 0 radical (unpaired) electrons. The van der Waals surface area contributed by atoms with Gasteiger partial charge in [0.25, 0.3) is 0 Å². The first kappa shape index (κ1) is 10.6. The summed E-state index contributed by atoms with van der Waals surface area (Å²) in [5.41, 5.74) is 1.26. The maximum absolute atomic E-state index is 5.88. The molecule has 1 rings (SSSR count). The van der Waals surface area contributed by atoms with Crippen molar-refractivity contribution in [3.8, 4) is 0 Å². The first-order chi connectivity index (χ1) is 6.24. The minimum Gasteiger partial charge on any atom is -0.307 e. The molecule has 2 heteroatoms. The normalized spacial score (nSPS) is 13.2. The van der Waals surface area contributed by atoms with Crippen LogP contribution in [0, 0.1) is 0 Å². The molecule has 0 aliphatic heterocycles. The lowest BCUT2D eigenvalue weighted by atomic mass is 10.1. The lowest BCUT2D eigenvalue weighted by Gasteiger charge is -2.18. The minimum absolute atomic E-state index is 0.267. The highest BCUT2D eigenvalue weighted by Gasteiger charge is 2.09. The molecule has 0 spiro atoms. The van der Waals surface area contributed by atoms with Gasteiger partial charge in [-0.25, -0.2) is 0 Å². The second kappa shape index (κ2) is 5.25. The number of halogens is 1. The Morgan fingerprint density at radius 2 is 1.85 bits per heavy atom. The fraction of sp³-hybridized carbons (Fsp3) is 0.455. The highest BCUT2D eigenvalue weighted by atomic mass is 35.5. The number of hydrogen-bond acceptors (Lipinski definition) is 1. The molecule has 0 bridgehead atoms. The van der Waals surface area contributed by atoms with Gasteiger partial charge in [-0.2, -0.15) is 0 Å². The first-order valence-corrected chi connectivity index (χ1v) is 5.14. The van der Waals surface area contributed by atoms with E-state index in [9.17, 15) is 0 Å². The molecular weight excluding hydrogens is 182 g/mol. The molecule has 1 aromatic rings. The van der Waals surface area contributed by atoms with E-state index in [0.29, 0.717) is 11.9 Å². The predicted octanol–water partition coefficient (Wildman–Crippen LogP) is 2.96. The van der Waals surface area contributed by atoms with Crippen LogP contribution in [0.5, 0.6) is 0 Å². The Bertz CT molecular complexity index is 233. The van der Waals surface area contributed by atoms with Crippen molar-refractivity contribution in [3.63, 3.8) is 0 Å². The monoisotopic (exact) mass is 197 g/mol. The number of benzene rings is 1. The molecule has 1 unspecified atom stereocenters. The summed E-state index contributed by atoms with van der Waals surface area (Å²) in [7, 11) is 0. The molecule has 0 aliphatic carbocycles. The molecule has 13 heavy (non-hydrogen) atoms. The van der Waals surface area contributed by atoms with Crippen molar-refractivity contribution < 1.29 is 0 Å². The van der Waals surface area contributed by atoms with E-state index in [1.54, 1.807) is 0 Å². The van der Waals surface area contributed by atoms with Gasteiger partial charge in [-0.3, -0.25) is 0 Å². The average molecular weight is 198 g/mol. The van der Waals surface area contributed by atoms with Crippen molar-refractivity contribution in [1.29, 1.82) is 0 Å². The molecule has 0 aromatic heterocycles. The van der Waals surface area contributed by atoms with Crippen molar-refractivity contribution in [2.24, 2.45) is 0 Å². The molecule has 1 aromatic carbocycles. The van der Waals surface area contributed by atoms with Crippen LogP contribution in [0.15, 0.2) is 30.3 Å². The number of nitrogens with one attached hydrogen (secondary N) is 1. The largest absolute Gasteiger partial charge is 0.307 e. The van der Waals surface area contributed by atoms with Crippen LogP contribution in [0.1, 0.15) is 25.5 Å². The SMILES string of the molecule is CC(C)NC(CCl)c1ccccc1. The van der Waals surface area contributed by atoms with Gasteiger partial charge in [0.1, 0.15) is 0 Å². The van der Waals surface area contributed by atoms with Crippen LogP contribution in [-0.4, -0.2) is 11.9 Å². The van der Waals surface area contributed by atoms with Crippen LogP contribution in [0.25, 0.3) is 0 Å². The smallest absolute Gasteiger partial charge is 0.0459 e. The second-order valence-electron chi connectivity index (χ2n) is 3.44. The van der Waals surface area contributed by atoms with Crippen molar-refractivity contribution in [2.75, 3.05) is 5.88 Å². The van der Waals surface area contributed by atoms with Crippen LogP contribution >= 0.6 is 11.6 Å². The zero-order valence-electron chi connectivity index (χ0n) is 8.13. The highest BCUT2D eigenvalue weighted by molar-refractivity contribution is 6.18. The van der Waals surface area contributed by atoms with E-state index in [-0.39, 0.29) is 6.04 Å². The zero-order valence-corrected chi connectivity index (χ0v) is 8.88. The lowest BCUT2D eigenvalue weighted by Crippen LogP contribution is -2.29. The third-order valence-corrected chi connectivity index (χ3v) is 2.20. The average Bonchev–Trinajstić information content (AvgIpc) is 2.15. The predicted molar refractivity (Wildman–Crippen MR) is 58.2 cm³/mol. The van der Waals surface area contributed by atoms with Gasteiger partial charge in [0.05, 0.1) is 0 Å². The topological polar surface area (TPSA) is 12.0 Å². The zero-order chi connectivity index (χ0) is 9.68. The Morgan fingerprint density at radius 3 is 2.31 bits per heavy atom. The lowest BCUT2D eigenvalue weighted by molar-refractivity contribution is 0.510. The Balaban J connectivity index is 2.67. The fourth-order valence-corrected chi connectivity index (χ4v) is 1.58. The van der Waals surface area contributed by atoms with E-state index in [0.717, 1.165) is 0 Å². The van der Waals surface area contributed by atoms with Gasteiger partial charge in [-0.15, -0.1) is 11.6 Å². The van der Waals surface area contributed by atoms with E-state index in [1.165, 1.54) is 5.56 Å². The van der Waals surface area contributed by atoms with Crippen molar-refractivity contribution >= 4 is 11.6 Å². The molecule has 1 N–H and O–H groups in total. The van der Waals surface area contributed by atoms with Gasteiger partial charge in [0, 0.05) is 18.0 Å². The summed E-state index contributed by atoms with van der Waals surface area (Å²) in [6.07, 6.45) is 0. The standard InChI is InChI=1S/C11H16ClN/c1-9(2)13-11(8-12)10-6-4-3-5-7-10/h3-7,9,11,13H,8H2,1-2H3.